The summed E-state index contributed by atoms with van der Waals surface area (Å²) in [5, 5.41) is 3.34. The summed E-state index contributed by atoms with van der Waals surface area (Å²) in [5.74, 6) is 1.26. The lowest BCUT2D eigenvalue weighted by atomic mass is 9.88. The summed E-state index contributed by atoms with van der Waals surface area (Å²) in [7, 11) is 3.23. The maximum atomic E-state index is 12.8. The van der Waals surface area contributed by atoms with Gasteiger partial charge < -0.3 is 19.5 Å². The average molecular weight is 454 g/mol. The lowest BCUT2D eigenvalue weighted by Crippen LogP contribution is -2.42. The van der Waals surface area contributed by atoms with Gasteiger partial charge in [-0.1, -0.05) is 48.5 Å². The van der Waals surface area contributed by atoms with Crippen LogP contribution in [0.25, 0.3) is 11.1 Å². The van der Waals surface area contributed by atoms with E-state index < -0.39 is 0 Å². The predicted molar refractivity (Wildman–Crippen MR) is 128 cm³/mol. The molecule has 32 heavy (non-hydrogen) atoms. The highest BCUT2D eigenvalue weighted by Crippen LogP contribution is 2.33. The van der Waals surface area contributed by atoms with E-state index in [0.717, 1.165) is 24.1 Å². The third-order valence-electron chi connectivity index (χ3n) is 5.75. The van der Waals surface area contributed by atoms with Crippen LogP contribution in [0.5, 0.6) is 11.5 Å². The first-order valence-corrected chi connectivity index (χ1v) is 10.5. The topological polar surface area (TPSA) is 56.8 Å². The van der Waals surface area contributed by atoms with Gasteiger partial charge in [0.25, 0.3) is 0 Å². The van der Waals surface area contributed by atoms with Crippen LogP contribution in [0.1, 0.15) is 28.3 Å². The van der Waals surface area contributed by atoms with Gasteiger partial charge in [-0.25, -0.2) is 4.79 Å². The number of carbonyl (C=O) groups is 1. The molecule has 1 heterocycles. The third kappa shape index (κ3) is 5.23. The lowest BCUT2D eigenvalue weighted by Gasteiger charge is -2.32. The number of hydrogen-bond donors (Lipinski definition) is 1. The van der Waals surface area contributed by atoms with Gasteiger partial charge in [-0.05, 0) is 53.9 Å². The Kier molecular flexibility index (Phi) is 8.14. The Bertz CT molecular complexity index is 1020. The van der Waals surface area contributed by atoms with Crippen LogP contribution in [0.2, 0.25) is 0 Å². The number of carbonyl (C=O) groups excluding carboxylic acids is 1. The first kappa shape index (κ1) is 23.6. The Hall–Kier alpha value is -3.02. The monoisotopic (exact) mass is 453 g/mol. The molecular formula is C26H28ClNO4. The van der Waals surface area contributed by atoms with Crippen molar-refractivity contribution in [2.45, 2.75) is 18.4 Å². The van der Waals surface area contributed by atoms with Gasteiger partial charge in [0, 0.05) is 12.5 Å². The fourth-order valence-electron chi connectivity index (χ4n) is 4.06. The Balaban J connectivity index is 0.00000289. The summed E-state index contributed by atoms with van der Waals surface area (Å²) < 4.78 is 16.6. The summed E-state index contributed by atoms with van der Waals surface area (Å²) in [6.07, 6.45) is 0.759. The van der Waals surface area contributed by atoms with Crippen molar-refractivity contribution >= 4 is 18.4 Å². The summed E-state index contributed by atoms with van der Waals surface area (Å²) in [6, 6.07) is 23.5. The SMILES string of the molecule is COc1ccc(-c2ccc(C(=O)O[C@H]3CNCC[C@@H]3c3ccccc3)cc2)cc1OC.Cl. The molecule has 6 heteroatoms. The molecule has 3 aromatic rings. The molecule has 1 aliphatic heterocycles. The van der Waals surface area contributed by atoms with Crippen molar-refractivity contribution in [1.29, 1.82) is 0 Å². The van der Waals surface area contributed by atoms with Crippen molar-refractivity contribution in [3.8, 4) is 22.6 Å². The van der Waals surface area contributed by atoms with Gasteiger partial charge in [0.1, 0.15) is 6.10 Å². The number of ether oxygens (including phenoxy) is 3. The zero-order valence-electron chi connectivity index (χ0n) is 18.2. The molecular weight excluding hydrogens is 426 g/mol. The number of piperidine rings is 1. The number of nitrogens with one attached hydrogen (secondary N) is 1. The highest BCUT2D eigenvalue weighted by Gasteiger charge is 2.29. The molecule has 0 amide bonds. The molecule has 1 N–H and O–H groups in total. The fourth-order valence-corrected chi connectivity index (χ4v) is 4.06. The Morgan fingerprint density at radius 3 is 2.25 bits per heavy atom. The smallest absolute Gasteiger partial charge is 0.338 e. The molecule has 1 saturated heterocycles. The summed E-state index contributed by atoms with van der Waals surface area (Å²) in [4.78, 5) is 12.8. The van der Waals surface area contributed by atoms with E-state index in [-0.39, 0.29) is 30.4 Å². The lowest BCUT2D eigenvalue weighted by molar-refractivity contribution is 0.0182. The van der Waals surface area contributed by atoms with Crippen LogP contribution in [-0.2, 0) is 4.74 Å². The normalized spacial score (nSPS) is 17.7. The number of esters is 1. The zero-order valence-corrected chi connectivity index (χ0v) is 19.1. The first-order valence-electron chi connectivity index (χ1n) is 10.5. The van der Waals surface area contributed by atoms with Crippen molar-refractivity contribution in [3.63, 3.8) is 0 Å². The van der Waals surface area contributed by atoms with E-state index in [2.05, 4.69) is 17.4 Å². The first-order chi connectivity index (χ1) is 15.2. The molecule has 0 unspecified atom stereocenters. The molecule has 168 valence electrons. The Labute approximate surface area is 195 Å². The predicted octanol–water partition coefficient (Wildman–Crippen LogP) is 5.10. The van der Waals surface area contributed by atoms with Gasteiger partial charge in [0.05, 0.1) is 19.8 Å². The summed E-state index contributed by atoms with van der Waals surface area (Å²) >= 11 is 0. The second kappa shape index (κ2) is 11.0. The average Bonchev–Trinajstić information content (AvgIpc) is 2.84. The molecule has 0 aromatic heterocycles. The van der Waals surface area contributed by atoms with Crippen molar-refractivity contribution < 1.29 is 19.0 Å². The van der Waals surface area contributed by atoms with E-state index in [9.17, 15) is 4.79 Å². The molecule has 1 aliphatic rings. The molecule has 0 spiro atoms. The Morgan fingerprint density at radius 1 is 0.875 bits per heavy atom. The third-order valence-corrected chi connectivity index (χ3v) is 5.75. The molecule has 5 nitrogen and oxygen atoms in total. The fraction of sp³-hybridized carbons (Fsp3) is 0.269. The second-order valence-electron chi connectivity index (χ2n) is 7.60. The van der Waals surface area contributed by atoms with E-state index >= 15 is 0 Å². The van der Waals surface area contributed by atoms with Crippen molar-refractivity contribution in [2.24, 2.45) is 0 Å². The highest BCUT2D eigenvalue weighted by atomic mass is 35.5. The van der Waals surface area contributed by atoms with Crippen molar-refractivity contribution in [2.75, 3.05) is 27.3 Å². The standard InChI is InChI=1S/C26H27NO4.ClH/c1-29-23-13-12-21(16-24(23)30-2)18-8-10-20(11-9-18)26(28)31-25-17-27-15-14-22(25)19-6-4-3-5-7-19;/h3-13,16,22,25,27H,14-15,17H2,1-2H3;1H/t22-,25+;/m1./s1. The van der Waals surface area contributed by atoms with Gasteiger partial charge in [0.15, 0.2) is 11.5 Å². The van der Waals surface area contributed by atoms with Crippen LogP contribution in [-0.4, -0.2) is 39.4 Å². The minimum absolute atomic E-state index is 0. The van der Waals surface area contributed by atoms with Crippen LogP contribution in [0.4, 0.5) is 0 Å². The molecule has 3 aromatic carbocycles. The van der Waals surface area contributed by atoms with E-state index in [4.69, 9.17) is 14.2 Å². The number of hydrogen-bond acceptors (Lipinski definition) is 5. The molecule has 0 aliphatic carbocycles. The van der Waals surface area contributed by atoms with E-state index in [1.54, 1.807) is 14.2 Å². The highest BCUT2D eigenvalue weighted by molar-refractivity contribution is 5.90. The molecule has 4 rings (SSSR count). The minimum Gasteiger partial charge on any atom is -0.493 e. The van der Waals surface area contributed by atoms with E-state index in [0.29, 0.717) is 23.6 Å². The van der Waals surface area contributed by atoms with Crippen LogP contribution in [0.15, 0.2) is 72.8 Å². The van der Waals surface area contributed by atoms with Gasteiger partial charge in [-0.15, -0.1) is 12.4 Å². The van der Waals surface area contributed by atoms with Crippen LogP contribution >= 0.6 is 12.4 Å². The number of rotatable bonds is 6. The van der Waals surface area contributed by atoms with Gasteiger partial charge in [-0.2, -0.15) is 0 Å². The van der Waals surface area contributed by atoms with Gasteiger partial charge in [-0.3, -0.25) is 0 Å². The second-order valence-corrected chi connectivity index (χ2v) is 7.60. The van der Waals surface area contributed by atoms with Crippen molar-refractivity contribution in [3.05, 3.63) is 83.9 Å². The Morgan fingerprint density at radius 2 is 1.56 bits per heavy atom. The van der Waals surface area contributed by atoms with Crippen LogP contribution < -0.4 is 14.8 Å². The molecule has 0 saturated carbocycles. The van der Waals surface area contributed by atoms with E-state index in [1.807, 2.05) is 60.7 Å². The quantitative estimate of drug-likeness (QED) is 0.526. The molecule has 0 radical (unpaired) electrons. The van der Waals surface area contributed by atoms with Gasteiger partial charge >= 0.3 is 5.97 Å². The van der Waals surface area contributed by atoms with Gasteiger partial charge in [0.2, 0.25) is 0 Å². The zero-order chi connectivity index (χ0) is 21.6. The largest absolute Gasteiger partial charge is 0.493 e. The summed E-state index contributed by atoms with van der Waals surface area (Å²) in [5.41, 5.74) is 3.73. The molecule has 1 fully saturated rings. The maximum Gasteiger partial charge on any atom is 0.338 e. The van der Waals surface area contributed by atoms with Crippen molar-refractivity contribution in [1.82, 2.24) is 5.32 Å². The number of benzene rings is 3. The summed E-state index contributed by atoms with van der Waals surface area (Å²) in [6.45, 7) is 1.59. The number of halogens is 1. The van der Waals surface area contributed by atoms with Crippen LogP contribution in [0, 0.1) is 0 Å². The van der Waals surface area contributed by atoms with Crippen LogP contribution in [0.3, 0.4) is 0 Å². The molecule has 0 bridgehead atoms. The van der Waals surface area contributed by atoms with E-state index in [1.165, 1.54) is 5.56 Å². The maximum absolute atomic E-state index is 12.8. The molecule has 2 atom stereocenters. The minimum atomic E-state index is -0.298. The number of methoxy groups -OCH3 is 2.